The van der Waals surface area contributed by atoms with Crippen molar-refractivity contribution >= 4 is 27.7 Å². The van der Waals surface area contributed by atoms with Crippen molar-refractivity contribution in [2.24, 2.45) is 5.73 Å². The molecule has 0 saturated heterocycles. The Morgan fingerprint density at radius 1 is 0.905 bits per heavy atom. The van der Waals surface area contributed by atoms with Gasteiger partial charge in [0.05, 0.1) is 5.69 Å². The summed E-state index contributed by atoms with van der Waals surface area (Å²) >= 11 is 0. The van der Waals surface area contributed by atoms with Crippen LogP contribution in [0.2, 0.25) is 0 Å². The number of aromatic nitrogens is 4. The fraction of sp³-hybridized carbons (Fsp3) is 0.241. The SMILES string of the molecule is CC(C)(C)OC(=O)N(CC(=O)O)c1cccc(C(N)(Cc2ccc(-c3ncccn3)cc2)S(=O)(=O)c2ccccn2)n1. The second-order valence-corrected chi connectivity index (χ2v) is 12.5. The van der Waals surface area contributed by atoms with Crippen LogP contribution in [0.15, 0.2) is 90.3 Å². The summed E-state index contributed by atoms with van der Waals surface area (Å²) in [5.74, 6) is -0.971. The molecular weight excluding hydrogens is 560 g/mol. The number of nitrogens with two attached hydrogens (primary N) is 1. The molecule has 1 unspecified atom stereocenters. The van der Waals surface area contributed by atoms with E-state index < -0.39 is 38.9 Å². The highest BCUT2D eigenvalue weighted by Gasteiger charge is 2.45. The Kier molecular flexibility index (Phi) is 8.64. The number of sulfone groups is 1. The van der Waals surface area contributed by atoms with Gasteiger partial charge in [0.25, 0.3) is 0 Å². The number of nitrogens with zero attached hydrogens (tertiary/aromatic N) is 5. The second-order valence-electron chi connectivity index (χ2n) is 10.3. The number of aliphatic carboxylic acids is 1. The lowest BCUT2D eigenvalue weighted by atomic mass is 10.0. The van der Waals surface area contributed by atoms with Gasteiger partial charge in [0, 0.05) is 30.6 Å². The first kappa shape index (κ1) is 30.2. The van der Waals surface area contributed by atoms with E-state index in [4.69, 9.17) is 10.5 Å². The Labute approximate surface area is 243 Å². The molecule has 3 N–H and O–H groups in total. The van der Waals surface area contributed by atoms with E-state index in [1.54, 1.807) is 69.6 Å². The molecule has 0 aliphatic heterocycles. The van der Waals surface area contributed by atoms with Gasteiger partial charge in [-0.3, -0.25) is 9.69 Å². The first-order chi connectivity index (χ1) is 19.8. The van der Waals surface area contributed by atoms with E-state index in [1.165, 1.54) is 36.5 Å². The number of carbonyl (C=O) groups is 2. The van der Waals surface area contributed by atoms with Crippen LogP contribution in [0.3, 0.4) is 0 Å². The Balaban J connectivity index is 1.81. The molecule has 12 nitrogen and oxygen atoms in total. The van der Waals surface area contributed by atoms with E-state index in [9.17, 15) is 23.1 Å². The highest BCUT2D eigenvalue weighted by Crippen LogP contribution is 2.34. The maximum absolute atomic E-state index is 14.1. The predicted molar refractivity (Wildman–Crippen MR) is 154 cm³/mol. The lowest BCUT2D eigenvalue weighted by molar-refractivity contribution is -0.135. The molecule has 0 bridgehead atoms. The fourth-order valence-corrected chi connectivity index (χ4v) is 5.62. The normalized spacial score (nSPS) is 13.1. The van der Waals surface area contributed by atoms with Crippen molar-refractivity contribution in [1.82, 2.24) is 19.9 Å². The Hall–Kier alpha value is -4.75. The molecule has 0 spiro atoms. The van der Waals surface area contributed by atoms with Crippen LogP contribution in [0, 0.1) is 0 Å². The van der Waals surface area contributed by atoms with Crippen molar-refractivity contribution in [3.05, 3.63) is 96.6 Å². The molecule has 4 rings (SSSR count). The fourth-order valence-electron chi connectivity index (χ4n) is 4.04. The van der Waals surface area contributed by atoms with Crippen molar-refractivity contribution in [3.63, 3.8) is 0 Å². The monoisotopic (exact) mass is 590 g/mol. The number of hydrogen-bond acceptors (Lipinski definition) is 10. The minimum Gasteiger partial charge on any atom is -0.480 e. The summed E-state index contributed by atoms with van der Waals surface area (Å²) in [5.41, 5.74) is 7.01. The highest BCUT2D eigenvalue weighted by atomic mass is 32.2. The molecule has 0 aliphatic rings. The average molecular weight is 591 g/mol. The standard InChI is InChI=1S/C29H30N6O6S/c1-28(2,3)41-27(38)35(19-25(36)37)23-9-6-8-22(34-23)29(30,42(39,40)24-10-4-5-15-31-24)18-20-11-13-21(14-12-20)26-32-16-7-17-33-26/h4-17H,18-19,30H2,1-3H3,(H,36,37). The van der Waals surface area contributed by atoms with Crippen molar-refractivity contribution < 1.29 is 27.9 Å². The van der Waals surface area contributed by atoms with Gasteiger partial charge in [-0.15, -0.1) is 0 Å². The van der Waals surface area contributed by atoms with Crippen molar-refractivity contribution in [1.29, 1.82) is 0 Å². The molecule has 0 radical (unpaired) electrons. The number of ether oxygens (including phenoxy) is 1. The zero-order valence-electron chi connectivity index (χ0n) is 23.2. The molecule has 13 heteroatoms. The number of pyridine rings is 2. The van der Waals surface area contributed by atoms with Gasteiger partial charge in [-0.05, 0) is 56.7 Å². The number of anilines is 1. The van der Waals surface area contributed by atoms with Gasteiger partial charge in [0.2, 0.25) is 9.84 Å². The number of rotatable bonds is 9. The zero-order valence-corrected chi connectivity index (χ0v) is 24.0. The molecule has 0 aliphatic carbocycles. The first-order valence-electron chi connectivity index (χ1n) is 12.8. The van der Waals surface area contributed by atoms with Crippen LogP contribution in [0.1, 0.15) is 32.0 Å². The summed E-state index contributed by atoms with van der Waals surface area (Å²) in [6, 6.07) is 17.3. The van der Waals surface area contributed by atoms with Crippen LogP contribution in [0.5, 0.6) is 0 Å². The number of hydrogen-bond donors (Lipinski definition) is 2. The molecule has 0 saturated carbocycles. The maximum Gasteiger partial charge on any atom is 0.416 e. The summed E-state index contributed by atoms with van der Waals surface area (Å²) in [7, 11) is -4.40. The van der Waals surface area contributed by atoms with E-state index >= 15 is 0 Å². The maximum atomic E-state index is 14.1. The summed E-state index contributed by atoms with van der Waals surface area (Å²) in [4.78, 5) is 40.1. The molecular formula is C29H30N6O6S. The minimum absolute atomic E-state index is 0.125. The predicted octanol–water partition coefficient (Wildman–Crippen LogP) is 3.59. The van der Waals surface area contributed by atoms with Gasteiger partial charge < -0.3 is 15.6 Å². The number of carboxylic acid groups (broad SMARTS) is 1. The van der Waals surface area contributed by atoms with Gasteiger partial charge in [-0.1, -0.05) is 36.4 Å². The Morgan fingerprint density at radius 3 is 2.17 bits per heavy atom. The molecule has 42 heavy (non-hydrogen) atoms. The van der Waals surface area contributed by atoms with Crippen LogP contribution in [0.25, 0.3) is 11.4 Å². The van der Waals surface area contributed by atoms with E-state index in [-0.39, 0.29) is 23.0 Å². The van der Waals surface area contributed by atoms with Crippen molar-refractivity contribution in [2.75, 3.05) is 11.4 Å². The summed E-state index contributed by atoms with van der Waals surface area (Å²) in [5, 5.41) is 9.21. The smallest absolute Gasteiger partial charge is 0.416 e. The molecule has 1 aromatic carbocycles. The summed E-state index contributed by atoms with van der Waals surface area (Å²) < 4.78 is 33.5. The van der Waals surface area contributed by atoms with Crippen LogP contribution in [0.4, 0.5) is 10.6 Å². The minimum atomic E-state index is -4.40. The van der Waals surface area contributed by atoms with Crippen molar-refractivity contribution in [2.45, 2.75) is 42.7 Å². The Bertz CT molecular complexity index is 1660. The number of carbonyl (C=O) groups excluding carboxylic acids is 1. The number of carboxylic acids is 1. The molecule has 3 aromatic heterocycles. The third-order valence-electron chi connectivity index (χ3n) is 5.99. The topological polar surface area (TPSA) is 179 Å². The van der Waals surface area contributed by atoms with Crippen LogP contribution in [-0.2, 0) is 30.7 Å². The van der Waals surface area contributed by atoms with E-state index in [0.29, 0.717) is 11.4 Å². The largest absolute Gasteiger partial charge is 0.480 e. The van der Waals surface area contributed by atoms with Gasteiger partial charge in [0.1, 0.15) is 18.0 Å². The van der Waals surface area contributed by atoms with Crippen LogP contribution >= 0.6 is 0 Å². The van der Waals surface area contributed by atoms with Gasteiger partial charge >= 0.3 is 12.1 Å². The van der Waals surface area contributed by atoms with Gasteiger partial charge in [-0.2, -0.15) is 0 Å². The quantitative estimate of drug-likeness (QED) is 0.291. The summed E-state index contributed by atoms with van der Waals surface area (Å²) in [6.45, 7) is 4.12. The van der Waals surface area contributed by atoms with Crippen LogP contribution in [-0.4, -0.2) is 57.7 Å². The molecule has 1 atom stereocenters. The number of amides is 1. The molecule has 3 heterocycles. The third-order valence-corrected chi connectivity index (χ3v) is 8.09. The van der Waals surface area contributed by atoms with Crippen LogP contribution < -0.4 is 10.6 Å². The van der Waals surface area contributed by atoms with E-state index in [1.807, 2.05) is 0 Å². The second kappa shape index (κ2) is 12.0. The average Bonchev–Trinajstić information content (AvgIpc) is 2.96. The molecule has 218 valence electrons. The summed E-state index contributed by atoms with van der Waals surface area (Å²) in [6.07, 6.45) is 3.37. The molecule has 0 fully saturated rings. The molecule has 4 aromatic rings. The lowest BCUT2D eigenvalue weighted by Crippen LogP contribution is -2.48. The lowest BCUT2D eigenvalue weighted by Gasteiger charge is -2.30. The number of benzene rings is 1. The van der Waals surface area contributed by atoms with Crippen molar-refractivity contribution in [3.8, 4) is 11.4 Å². The Morgan fingerprint density at radius 2 is 1.57 bits per heavy atom. The van der Waals surface area contributed by atoms with Gasteiger partial charge in [0.15, 0.2) is 15.7 Å². The highest BCUT2D eigenvalue weighted by molar-refractivity contribution is 7.92. The molecule has 1 amide bonds. The van der Waals surface area contributed by atoms with E-state index in [0.717, 1.165) is 10.5 Å². The first-order valence-corrected chi connectivity index (χ1v) is 14.3. The van der Waals surface area contributed by atoms with E-state index in [2.05, 4.69) is 19.9 Å². The zero-order chi connectivity index (χ0) is 30.5. The van der Waals surface area contributed by atoms with Gasteiger partial charge in [-0.25, -0.2) is 33.1 Å². The third kappa shape index (κ3) is 6.75.